The van der Waals surface area contributed by atoms with Gasteiger partial charge in [-0.3, -0.25) is 4.79 Å². The van der Waals surface area contributed by atoms with Gasteiger partial charge in [-0.2, -0.15) is 0 Å². The molecule has 2 unspecified atom stereocenters. The van der Waals surface area contributed by atoms with Gasteiger partial charge in [-0.25, -0.2) is 9.97 Å². The van der Waals surface area contributed by atoms with E-state index in [0.717, 1.165) is 25.9 Å². The summed E-state index contributed by atoms with van der Waals surface area (Å²) in [7, 11) is 0. The molecular weight excluding hydrogens is 294 g/mol. The first-order valence-electron chi connectivity index (χ1n) is 8.34. The molecule has 1 fully saturated rings. The van der Waals surface area contributed by atoms with E-state index in [1.807, 2.05) is 6.92 Å². The van der Waals surface area contributed by atoms with Crippen LogP contribution in [0.25, 0.3) is 0 Å². The number of anilines is 3. The molecule has 0 spiro atoms. The van der Waals surface area contributed by atoms with E-state index < -0.39 is 0 Å². The lowest BCUT2D eigenvalue weighted by Gasteiger charge is -2.28. The summed E-state index contributed by atoms with van der Waals surface area (Å²) in [6.07, 6.45) is 3.14. The number of carbonyl (C=O) groups is 1. The van der Waals surface area contributed by atoms with Crippen molar-refractivity contribution in [1.82, 2.24) is 9.97 Å². The monoisotopic (exact) mass is 319 g/mol. The van der Waals surface area contributed by atoms with Crippen LogP contribution in [-0.4, -0.2) is 41.2 Å². The molecule has 1 amide bonds. The Labute approximate surface area is 136 Å². The summed E-state index contributed by atoms with van der Waals surface area (Å²) < 4.78 is 5.62. The Hall–Kier alpha value is -1.89. The van der Waals surface area contributed by atoms with E-state index >= 15 is 0 Å². The molecule has 2 aliphatic rings. The highest BCUT2D eigenvalue weighted by atomic mass is 16.5. The predicted octanol–water partition coefficient (Wildman–Crippen LogP) is 2.15. The standard InChI is InChI=1S/C16H25N5O2/c1-9(2)7-12-16(22)21-13-14(17-8-11-5-4-6-23-11)18-10(3)19-15(13)20-12/h9,11-12H,4-8H2,1-3H3,(H,21,22)(H2,17,18,19,20). The first-order chi connectivity index (χ1) is 11.0. The molecule has 23 heavy (non-hydrogen) atoms. The van der Waals surface area contributed by atoms with E-state index in [1.54, 1.807) is 0 Å². The van der Waals surface area contributed by atoms with E-state index in [1.165, 1.54) is 0 Å². The summed E-state index contributed by atoms with van der Waals surface area (Å²) in [6, 6.07) is -0.247. The van der Waals surface area contributed by atoms with Crippen LogP contribution in [0, 0.1) is 12.8 Å². The number of rotatable bonds is 5. The van der Waals surface area contributed by atoms with E-state index in [2.05, 4.69) is 39.8 Å². The molecule has 3 heterocycles. The topological polar surface area (TPSA) is 88.2 Å². The number of ether oxygens (including phenoxy) is 1. The molecule has 0 saturated carbocycles. The van der Waals surface area contributed by atoms with Crippen molar-refractivity contribution in [1.29, 1.82) is 0 Å². The fourth-order valence-corrected chi connectivity index (χ4v) is 3.02. The number of aryl methyl sites for hydroxylation is 1. The van der Waals surface area contributed by atoms with E-state index in [9.17, 15) is 4.79 Å². The van der Waals surface area contributed by atoms with Gasteiger partial charge in [-0.15, -0.1) is 0 Å². The second-order valence-electron chi connectivity index (χ2n) is 6.67. The number of carbonyl (C=O) groups excluding carboxylic acids is 1. The zero-order chi connectivity index (χ0) is 16.4. The molecular formula is C16H25N5O2. The van der Waals surface area contributed by atoms with Crippen molar-refractivity contribution in [3.8, 4) is 0 Å². The lowest BCUT2D eigenvalue weighted by molar-refractivity contribution is -0.117. The fourth-order valence-electron chi connectivity index (χ4n) is 3.02. The molecule has 126 valence electrons. The quantitative estimate of drug-likeness (QED) is 0.771. The molecule has 3 rings (SSSR count). The number of amides is 1. The van der Waals surface area contributed by atoms with E-state index in [4.69, 9.17) is 4.74 Å². The van der Waals surface area contributed by atoms with Crippen molar-refractivity contribution < 1.29 is 9.53 Å². The number of fused-ring (bicyclic) bond motifs is 1. The first-order valence-corrected chi connectivity index (χ1v) is 8.34. The Morgan fingerprint density at radius 2 is 2.22 bits per heavy atom. The highest BCUT2D eigenvalue weighted by Crippen LogP contribution is 2.32. The smallest absolute Gasteiger partial charge is 0.247 e. The second kappa shape index (κ2) is 6.70. The SMILES string of the molecule is Cc1nc(NCC2CCCO2)c2c(n1)NC(CC(C)C)C(=O)N2. The van der Waals surface area contributed by atoms with Crippen LogP contribution in [-0.2, 0) is 9.53 Å². The Balaban J connectivity index is 1.77. The largest absolute Gasteiger partial charge is 0.376 e. The molecule has 0 aliphatic carbocycles. The summed E-state index contributed by atoms with van der Waals surface area (Å²) in [4.78, 5) is 21.2. The molecule has 1 saturated heterocycles. The van der Waals surface area contributed by atoms with Crippen LogP contribution in [0.4, 0.5) is 17.3 Å². The van der Waals surface area contributed by atoms with Crippen LogP contribution in [0.3, 0.4) is 0 Å². The highest BCUT2D eigenvalue weighted by molar-refractivity contribution is 6.04. The summed E-state index contributed by atoms with van der Waals surface area (Å²) in [5.74, 6) is 2.42. The van der Waals surface area contributed by atoms with Gasteiger partial charge in [0.05, 0.1) is 6.10 Å². The van der Waals surface area contributed by atoms with Crippen LogP contribution < -0.4 is 16.0 Å². The van der Waals surface area contributed by atoms with Gasteiger partial charge in [0.1, 0.15) is 17.6 Å². The number of nitrogens with zero attached hydrogens (tertiary/aromatic N) is 2. The Morgan fingerprint density at radius 1 is 1.39 bits per heavy atom. The average molecular weight is 319 g/mol. The molecule has 0 radical (unpaired) electrons. The zero-order valence-corrected chi connectivity index (χ0v) is 14.0. The molecule has 7 nitrogen and oxygen atoms in total. The summed E-state index contributed by atoms with van der Waals surface area (Å²) in [6.45, 7) is 7.57. The van der Waals surface area contributed by atoms with Gasteiger partial charge in [0.2, 0.25) is 5.91 Å². The van der Waals surface area contributed by atoms with Gasteiger partial charge >= 0.3 is 0 Å². The molecule has 2 aliphatic heterocycles. The van der Waals surface area contributed by atoms with Crippen molar-refractivity contribution in [2.75, 3.05) is 29.1 Å². The van der Waals surface area contributed by atoms with Gasteiger partial charge in [0.25, 0.3) is 0 Å². The minimum Gasteiger partial charge on any atom is -0.376 e. The lowest BCUT2D eigenvalue weighted by atomic mass is 10.0. The minimum atomic E-state index is -0.247. The Morgan fingerprint density at radius 3 is 2.91 bits per heavy atom. The van der Waals surface area contributed by atoms with Crippen molar-refractivity contribution in [2.45, 2.75) is 52.2 Å². The third kappa shape index (κ3) is 3.72. The maximum atomic E-state index is 12.3. The number of hydrogen-bond donors (Lipinski definition) is 3. The summed E-state index contributed by atoms with van der Waals surface area (Å²) in [5.41, 5.74) is 0.638. The van der Waals surface area contributed by atoms with Crippen LogP contribution >= 0.6 is 0 Å². The van der Waals surface area contributed by atoms with Crippen molar-refractivity contribution >= 4 is 23.2 Å². The van der Waals surface area contributed by atoms with Gasteiger partial charge in [-0.05, 0) is 32.1 Å². The summed E-state index contributed by atoms with van der Waals surface area (Å²) in [5, 5.41) is 9.51. The van der Waals surface area contributed by atoms with Crippen molar-refractivity contribution in [2.24, 2.45) is 5.92 Å². The minimum absolute atomic E-state index is 0.0289. The predicted molar refractivity (Wildman–Crippen MR) is 89.7 cm³/mol. The molecule has 3 N–H and O–H groups in total. The van der Waals surface area contributed by atoms with E-state index in [-0.39, 0.29) is 18.1 Å². The Kier molecular flexibility index (Phi) is 4.66. The van der Waals surface area contributed by atoms with Gasteiger partial charge < -0.3 is 20.7 Å². The molecule has 0 aromatic carbocycles. The molecule has 1 aromatic heterocycles. The molecule has 0 bridgehead atoms. The van der Waals surface area contributed by atoms with Gasteiger partial charge in [-0.1, -0.05) is 13.8 Å². The van der Waals surface area contributed by atoms with E-state index in [0.29, 0.717) is 35.6 Å². The first kappa shape index (κ1) is 16.0. The highest BCUT2D eigenvalue weighted by Gasteiger charge is 2.29. The van der Waals surface area contributed by atoms with Gasteiger partial charge in [0, 0.05) is 13.2 Å². The Bertz CT molecular complexity index is 584. The lowest BCUT2D eigenvalue weighted by Crippen LogP contribution is -2.40. The number of aromatic nitrogens is 2. The third-order valence-corrected chi connectivity index (χ3v) is 4.12. The molecule has 7 heteroatoms. The maximum Gasteiger partial charge on any atom is 0.247 e. The zero-order valence-electron chi connectivity index (χ0n) is 14.0. The van der Waals surface area contributed by atoms with Crippen molar-refractivity contribution in [3.05, 3.63) is 5.82 Å². The van der Waals surface area contributed by atoms with Crippen LogP contribution in [0.5, 0.6) is 0 Å². The van der Waals surface area contributed by atoms with Gasteiger partial charge in [0.15, 0.2) is 11.6 Å². The van der Waals surface area contributed by atoms with Crippen LogP contribution in [0.2, 0.25) is 0 Å². The van der Waals surface area contributed by atoms with Crippen LogP contribution in [0.15, 0.2) is 0 Å². The number of hydrogen-bond acceptors (Lipinski definition) is 6. The number of nitrogens with one attached hydrogen (secondary N) is 3. The summed E-state index contributed by atoms with van der Waals surface area (Å²) >= 11 is 0. The fraction of sp³-hybridized carbons (Fsp3) is 0.688. The maximum absolute atomic E-state index is 12.3. The van der Waals surface area contributed by atoms with Crippen LogP contribution in [0.1, 0.15) is 38.9 Å². The molecule has 1 aromatic rings. The second-order valence-corrected chi connectivity index (χ2v) is 6.67. The third-order valence-electron chi connectivity index (χ3n) is 4.12. The van der Waals surface area contributed by atoms with Crippen molar-refractivity contribution in [3.63, 3.8) is 0 Å². The average Bonchev–Trinajstić information content (AvgIpc) is 2.99. The normalized spacial score (nSPS) is 23.4. The molecule has 2 atom stereocenters.